The van der Waals surface area contributed by atoms with E-state index in [2.05, 4.69) is 14.7 Å². The van der Waals surface area contributed by atoms with Crippen molar-refractivity contribution in [3.8, 4) is 5.75 Å². The van der Waals surface area contributed by atoms with E-state index in [1.165, 1.54) is 0 Å². The van der Waals surface area contributed by atoms with Gasteiger partial charge >= 0.3 is 6.18 Å². The van der Waals surface area contributed by atoms with Crippen LogP contribution >= 0.6 is 0 Å². The van der Waals surface area contributed by atoms with Crippen LogP contribution in [0.3, 0.4) is 0 Å². The molecule has 1 rings (SSSR count). The van der Waals surface area contributed by atoms with E-state index in [4.69, 9.17) is 0 Å². The maximum absolute atomic E-state index is 12.3. The molecule has 0 bridgehead atoms. The van der Waals surface area contributed by atoms with Gasteiger partial charge in [0, 0.05) is 0 Å². The molecule has 0 amide bonds. The molecular formula is C7H8F3N3O3S. The number of rotatable bonds is 3. The first-order chi connectivity index (χ1) is 7.63. The van der Waals surface area contributed by atoms with Crippen LogP contribution in [0.4, 0.5) is 19.0 Å². The van der Waals surface area contributed by atoms with E-state index < -0.39 is 27.8 Å². The van der Waals surface area contributed by atoms with Gasteiger partial charge in [-0.15, -0.1) is 0 Å². The van der Waals surface area contributed by atoms with Gasteiger partial charge in [-0.2, -0.15) is 13.2 Å². The Bertz CT molecular complexity index is 515. The van der Waals surface area contributed by atoms with Crippen LogP contribution in [-0.4, -0.2) is 31.8 Å². The van der Waals surface area contributed by atoms with E-state index in [-0.39, 0.29) is 5.75 Å². The van der Waals surface area contributed by atoms with Crippen LogP contribution in [0.5, 0.6) is 5.75 Å². The third-order valence-corrected chi connectivity index (χ3v) is 2.07. The third-order valence-electron chi connectivity index (χ3n) is 1.51. The van der Waals surface area contributed by atoms with E-state index in [0.717, 1.165) is 19.6 Å². The summed E-state index contributed by atoms with van der Waals surface area (Å²) in [5.74, 6) is -2.22. The summed E-state index contributed by atoms with van der Waals surface area (Å²) >= 11 is 0. The molecule has 0 atom stereocenters. The summed E-state index contributed by atoms with van der Waals surface area (Å²) in [6.45, 7) is 0. The van der Waals surface area contributed by atoms with Crippen molar-refractivity contribution in [2.75, 3.05) is 18.1 Å². The van der Waals surface area contributed by atoms with Crippen LogP contribution in [0.15, 0.2) is 6.20 Å². The highest BCUT2D eigenvalue weighted by Gasteiger charge is 2.35. The summed E-state index contributed by atoms with van der Waals surface area (Å²) in [6, 6.07) is 0. The minimum Gasteiger partial charge on any atom is -0.491 e. The number of halogens is 3. The van der Waals surface area contributed by atoms with Crippen molar-refractivity contribution in [1.82, 2.24) is 9.97 Å². The van der Waals surface area contributed by atoms with Crippen molar-refractivity contribution < 1.29 is 26.3 Å². The average Bonchev–Trinajstić information content (AvgIpc) is 2.13. The van der Waals surface area contributed by atoms with Gasteiger partial charge in [-0.3, -0.25) is 4.72 Å². The largest absolute Gasteiger partial charge is 0.491 e. The molecule has 0 aliphatic rings. The average molecular weight is 271 g/mol. The van der Waals surface area contributed by atoms with Crippen molar-refractivity contribution in [1.29, 1.82) is 0 Å². The molecule has 0 aliphatic heterocycles. The molecule has 0 aliphatic carbocycles. The molecule has 0 aromatic carbocycles. The van der Waals surface area contributed by atoms with Gasteiger partial charge in [-0.25, -0.2) is 18.4 Å². The number of methoxy groups -OCH3 is 1. The Morgan fingerprint density at radius 3 is 2.41 bits per heavy atom. The number of nitrogens with zero attached hydrogens (tertiary/aromatic N) is 2. The number of hydrogen-bond donors (Lipinski definition) is 1. The van der Waals surface area contributed by atoms with Gasteiger partial charge < -0.3 is 4.74 Å². The Labute approximate surface area is 94.9 Å². The molecule has 0 spiro atoms. The molecule has 0 fully saturated rings. The molecule has 1 N–H and O–H groups in total. The van der Waals surface area contributed by atoms with Crippen LogP contribution in [0, 0.1) is 0 Å². The van der Waals surface area contributed by atoms with Crippen molar-refractivity contribution in [2.45, 2.75) is 6.18 Å². The number of anilines is 1. The Morgan fingerprint density at radius 2 is 2.00 bits per heavy atom. The number of sulfonamides is 1. The zero-order valence-corrected chi connectivity index (χ0v) is 9.56. The normalized spacial score (nSPS) is 12.3. The number of nitrogens with one attached hydrogen (secondary N) is 1. The summed E-state index contributed by atoms with van der Waals surface area (Å²) in [5, 5.41) is 0. The van der Waals surface area contributed by atoms with Crippen LogP contribution in [0.1, 0.15) is 5.82 Å². The summed E-state index contributed by atoms with van der Waals surface area (Å²) in [4.78, 5) is 6.06. The predicted octanol–water partition coefficient (Wildman–Crippen LogP) is 0.876. The van der Waals surface area contributed by atoms with Gasteiger partial charge in [0.1, 0.15) is 0 Å². The maximum atomic E-state index is 12.3. The standard InChI is InChI=1S/C7H8F3N3O3S/c1-16-4-3-11-6(7(8,9)10)12-5(4)13-17(2,14)15/h3H,1-2H3,(H,11,12,13). The Morgan fingerprint density at radius 1 is 1.41 bits per heavy atom. The number of ether oxygens (including phenoxy) is 1. The maximum Gasteiger partial charge on any atom is 0.451 e. The first kappa shape index (κ1) is 13.5. The van der Waals surface area contributed by atoms with Crippen molar-refractivity contribution in [3.05, 3.63) is 12.0 Å². The van der Waals surface area contributed by atoms with E-state index in [9.17, 15) is 21.6 Å². The second-order valence-electron chi connectivity index (χ2n) is 2.98. The van der Waals surface area contributed by atoms with Crippen LogP contribution < -0.4 is 9.46 Å². The monoisotopic (exact) mass is 271 g/mol. The molecule has 96 valence electrons. The predicted molar refractivity (Wildman–Crippen MR) is 52.1 cm³/mol. The quantitative estimate of drug-likeness (QED) is 0.882. The number of aromatic nitrogens is 2. The molecule has 1 heterocycles. The molecule has 6 nitrogen and oxygen atoms in total. The van der Waals surface area contributed by atoms with Gasteiger partial charge in [-0.05, 0) is 0 Å². The lowest BCUT2D eigenvalue weighted by Gasteiger charge is -2.10. The smallest absolute Gasteiger partial charge is 0.451 e. The highest BCUT2D eigenvalue weighted by Crippen LogP contribution is 2.30. The molecular weight excluding hydrogens is 263 g/mol. The first-order valence-corrected chi connectivity index (χ1v) is 5.98. The molecule has 10 heteroatoms. The van der Waals surface area contributed by atoms with Crippen molar-refractivity contribution >= 4 is 15.8 Å². The van der Waals surface area contributed by atoms with Gasteiger partial charge in [0.05, 0.1) is 19.6 Å². The topological polar surface area (TPSA) is 81.2 Å². The number of alkyl halides is 3. The van der Waals surface area contributed by atoms with Gasteiger partial charge in [0.15, 0.2) is 11.6 Å². The lowest BCUT2D eigenvalue weighted by molar-refractivity contribution is -0.144. The Hall–Kier alpha value is -1.58. The second kappa shape index (κ2) is 4.35. The fourth-order valence-corrected chi connectivity index (χ4v) is 1.40. The zero-order chi connectivity index (χ0) is 13.3. The molecule has 0 saturated carbocycles. The highest BCUT2D eigenvalue weighted by molar-refractivity contribution is 7.92. The molecule has 1 aromatic heterocycles. The SMILES string of the molecule is COc1cnc(C(F)(F)F)nc1NS(C)(=O)=O. The van der Waals surface area contributed by atoms with Crippen molar-refractivity contribution in [2.24, 2.45) is 0 Å². The fourth-order valence-electron chi connectivity index (χ4n) is 0.905. The van der Waals surface area contributed by atoms with Gasteiger partial charge in [-0.1, -0.05) is 0 Å². The minimum absolute atomic E-state index is 0.205. The summed E-state index contributed by atoms with van der Waals surface area (Å²) in [7, 11) is -2.61. The summed E-state index contributed by atoms with van der Waals surface area (Å²) in [5.41, 5.74) is 0. The highest BCUT2D eigenvalue weighted by atomic mass is 32.2. The van der Waals surface area contributed by atoms with Crippen molar-refractivity contribution in [3.63, 3.8) is 0 Å². The first-order valence-electron chi connectivity index (χ1n) is 4.09. The number of hydrogen-bond acceptors (Lipinski definition) is 5. The van der Waals surface area contributed by atoms with Crippen LogP contribution in [-0.2, 0) is 16.2 Å². The third kappa shape index (κ3) is 3.73. The second-order valence-corrected chi connectivity index (χ2v) is 4.73. The molecule has 0 saturated heterocycles. The van der Waals surface area contributed by atoms with Gasteiger partial charge in [0.25, 0.3) is 0 Å². The molecule has 0 radical (unpaired) electrons. The van der Waals surface area contributed by atoms with E-state index in [1.807, 2.05) is 4.72 Å². The Kier molecular flexibility index (Phi) is 3.45. The molecule has 0 unspecified atom stereocenters. The van der Waals surface area contributed by atoms with E-state index in [1.54, 1.807) is 0 Å². The van der Waals surface area contributed by atoms with E-state index in [0.29, 0.717) is 0 Å². The van der Waals surface area contributed by atoms with E-state index >= 15 is 0 Å². The minimum atomic E-state index is -4.76. The summed E-state index contributed by atoms with van der Waals surface area (Å²) in [6.07, 6.45) is -3.24. The lowest BCUT2D eigenvalue weighted by atomic mass is 10.5. The van der Waals surface area contributed by atoms with Crippen LogP contribution in [0.2, 0.25) is 0 Å². The van der Waals surface area contributed by atoms with Crippen LogP contribution in [0.25, 0.3) is 0 Å². The molecule has 17 heavy (non-hydrogen) atoms. The fraction of sp³-hybridized carbons (Fsp3) is 0.429. The zero-order valence-electron chi connectivity index (χ0n) is 8.74. The summed E-state index contributed by atoms with van der Waals surface area (Å²) < 4.78 is 65.2. The molecule has 1 aromatic rings. The Balaban J connectivity index is 3.25. The van der Waals surface area contributed by atoms with Gasteiger partial charge in [0.2, 0.25) is 15.8 Å². The lowest BCUT2D eigenvalue weighted by Crippen LogP contribution is -2.16.